The van der Waals surface area contributed by atoms with Gasteiger partial charge >= 0.3 is 0 Å². The average Bonchev–Trinajstić information content (AvgIpc) is 2.73. The van der Waals surface area contributed by atoms with Gasteiger partial charge in [0.25, 0.3) is 0 Å². The molecule has 0 bridgehead atoms. The number of aromatic nitrogens is 1. The van der Waals surface area contributed by atoms with Crippen LogP contribution in [0.1, 0.15) is 37.8 Å². The number of likely N-dealkylation sites (tertiary alicyclic amines) is 1. The molecule has 0 amide bonds. The standard InChI is InChI=1S/C16H26N2O3/c1-21-10-6-9-18-13-16(20)15(19)11-14(18)12-17-7-4-2-3-5-8-17/h11,13,20H,2-10,12H2,1H3. The van der Waals surface area contributed by atoms with Gasteiger partial charge in [-0.05, 0) is 32.4 Å². The second-order valence-electron chi connectivity index (χ2n) is 5.74. The first-order valence-electron chi connectivity index (χ1n) is 7.84. The van der Waals surface area contributed by atoms with Gasteiger partial charge in [-0.2, -0.15) is 0 Å². The second-order valence-corrected chi connectivity index (χ2v) is 5.74. The molecule has 1 aromatic heterocycles. The van der Waals surface area contributed by atoms with E-state index >= 15 is 0 Å². The van der Waals surface area contributed by atoms with E-state index in [1.807, 2.05) is 4.57 Å². The summed E-state index contributed by atoms with van der Waals surface area (Å²) in [7, 11) is 1.68. The quantitative estimate of drug-likeness (QED) is 0.815. The Bertz CT molecular complexity index is 491. The Kier molecular flexibility index (Phi) is 6.26. The fourth-order valence-electron chi connectivity index (χ4n) is 2.85. The third-order valence-electron chi connectivity index (χ3n) is 4.03. The van der Waals surface area contributed by atoms with E-state index in [0.717, 1.165) is 38.3 Å². The van der Waals surface area contributed by atoms with Crippen molar-refractivity contribution in [2.24, 2.45) is 0 Å². The van der Waals surface area contributed by atoms with Gasteiger partial charge in [0.05, 0.1) is 6.20 Å². The van der Waals surface area contributed by atoms with E-state index in [-0.39, 0.29) is 11.2 Å². The summed E-state index contributed by atoms with van der Waals surface area (Å²) in [5.74, 6) is -0.174. The van der Waals surface area contributed by atoms with Gasteiger partial charge in [-0.3, -0.25) is 9.69 Å². The molecular formula is C16H26N2O3. The van der Waals surface area contributed by atoms with Gasteiger partial charge in [0.15, 0.2) is 5.75 Å². The summed E-state index contributed by atoms with van der Waals surface area (Å²) in [5.41, 5.74) is 0.693. The largest absolute Gasteiger partial charge is 0.503 e. The number of hydrogen-bond acceptors (Lipinski definition) is 4. The highest BCUT2D eigenvalue weighted by Crippen LogP contribution is 2.14. The minimum Gasteiger partial charge on any atom is -0.503 e. The van der Waals surface area contributed by atoms with E-state index in [0.29, 0.717) is 6.61 Å². The first kappa shape index (κ1) is 16.0. The van der Waals surface area contributed by atoms with Gasteiger partial charge in [0.1, 0.15) is 0 Å². The molecule has 2 heterocycles. The summed E-state index contributed by atoms with van der Waals surface area (Å²) in [6.07, 6.45) is 7.48. The molecule has 0 radical (unpaired) electrons. The van der Waals surface area contributed by atoms with Crippen molar-refractivity contribution in [3.63, 3.8) is 0 Å². The van der Waals surface area contributed by atoms with Crippen molar-refractivity contribution in [3.8, 4) is 5.75 Å². The molecule has 1 aromatic rings. The van der Waals surface area contributed by atoms with Crippen molar-refractivity contribution < 1.29 is 9.84 Å². The van der Waals surface area contributed by atoms with Gasteiger partial charge in [0.2, 0.25) is 5.43 Å². The lowest BCUT2D eigenvalue weighted by Crippen LogP contribution is -2.27. The fraction of sp³-hybridized carbons (Fsp3) is 0.688. The Morgan fingerprint density at radius 3 is 2.62 bits per heavy atom. The van der Waals surface area contributed by atoms with E-state index < -0.39 is 0 Å². The highest BCUT2D eigenvalue weighted by molar-refractivity contribution is 5.20. The van der Waals surface area contributed by atoms with Crippen LogP contribution in [0.15, 0.2) is 17.1 Å². The van der Waals surface area contributed by atoms with Crippen LogP contribution in [0.5, 0.6) is 5.75 Å². The predicted molar refractivity (Wildman–Crippen MR) is 82.6 cm³/mol. The van der Waals surface area contributed by atoms with Crippen LogP contribution in [0.4, 0.5) is 0 Å². The molecule has 5 nitrogen and oxygen atoms in total. The maximum Gasteiger partial charge on any atom is 0.223 e. The van der Waals surface area contributed by atoms with E-state index in [1.54, 1.807) is 19.4 Å². The Morgan fingerprint density at radius 1 is 1.24 bits per heavy atom. The number of aromatic hydroxyl groups is 1. The molecule has 0 saturated carbocycles. The maximum absolute atomic E-state index is 11.7. The average molecular weight is 294 g/mol. The van der Waals surface area contributed by atoms with Gasteiger partial charge in [-0.1, -0.05) is 12.8 Å². The minimum atomic E-state index is -0.289. The molecule has 1 N–H and O–H groups in total. The van der Waals surface area contributed by atoms with Crippen molar-refractivity contribution in [3.05, 3.63) is 28.2 Å². The number of pyridine rings is 1. The summed E-state index contributed by atoms with van der Waals surface area (Å²) < 4.78 is 7.06. The lowest BCUT2D eigenvalue weighted by molar-refractivity contribution is 0.189. The Hall–Kier alpha value is -1.33. The van der Waals surface area contributed by atoms with Crippen LogP contribution in [0.25, 0.3) is 0 Å². The monoisotopic (exact) mass is 294 g/mol. The summed E-state index contributed by atoms with van der Waals surface area (Å²) in [4.78, 5) is 14.1. The van der Waals surface area contributed by atoms with Crippen molar-refractivity contribution in [1.29, 1.82) is 0 Å². The Labute approximate surface area is 126 Å². The Morgan fingerprint density at radius 2 is 1.95 bits per heavy atom. The van der Waals surface area contributed by atoms with Gasteiger partial charge in [-0.25, -0.2) is 0 Å². The molecule has 0 spiro atoms. The molecule has 5 heteroatoms. The number of hydrogen-bond donors (Lipinski definition) is 1. The van der Waals surface area contributed by atoms with Crippen molar-refractivity contribution in [2.75, 3.05) is 26.8 Å². The van der Waals surface area contributed by atoms with E-state index in [1.165, 1.54) is 25.7 Å². The molecular weight excluding hydrogens is 268 g/mol. The molecule has 21 heavy (non-hydrogen) atoms. The number of methoxy groups -OCH3 is 1. The van der Waals surface area contributed by atoms with Crippen molar-refractivity contribution >= 4 is 0 Å². The number of rotatable bonds is 6. The molecule has 2 rings (SSSR count). The first-order valence-corrected chi connectivity index (χ1v) is 7.84. The van der Waals surface area contributed by atoms with Crippen LogP contribution >= 0.6 is 0 Å². The summed E-state index contributed by atoms with van der Waals surface area (Å²) in [6, 6.07) is 1.58. The predicted octanol–water partition coefficient (Wildman–Crippen LogP) is 1.97. The zero-order chi connectivity index (χ0) is 15.1. The highest BCUT2D eigenvalue weighted by Gasteiger charge is 2.13. The van der Waals surface area contributed by atoms with Gasteiger partial charge in [0, 0.05) is 38.6 Å². The van der Waals surface area contributed by atoms with Crippen LogP contribution in [0, 0.1) is 0 Å². The molecule has 118 valence electrons. The van der Waals surface area contributed by atoms with Crippen molar-refractivity contribution in [2.45, 2.75) is 45.2 Å². The van der Waals surface area contributed by atoms with Crippen LogP contribution < -0.4 is 5.43 Å². The Balaban J connectivity index is 2.11. The van der Waals surface area contributed by atoms with Crippen molar-refractivity contribution in [1.82, 2.24) is 9.47 Å². The minimum absolute atomic E-state index is 0.174. The lowest BCUT2D eigenvalue weighted by atomic mass is 10.2. The first-order chi connectivity index (χ1) is 10.2. The van der Waals surface area contributed by atoms with E-state index in [9.17, 15) is 9.90 Å². The topological polar surface area (TPSA) is 54.7 Å². The number of nitrogens with zero attached hydrogens (tertiary/aromatic N) is 2. The summed E-state index contributed by atoms with van der Waals surface area (Å²) in [6.45, 7) is 4.39. The third kappa shape index (κ3) is 4.86. The van der Waals surface area contributed by atoms with Crippen LogP contribution in [0.2, 0.25) is 0 Å². The summed E-state index contributed by atoms with van der Waals surface area (Å²) in [5, 5.41) is 9.65. The van der Waals surface area contributed by atoms with Crippen LogP contribution in [0.3, 0.4) is 0 Å². The second kappa shape index (κ2) is 8.20. The maximum atomic E-state index is 11.7. The molecule has 0 aromatic carbocycles. The number of ether oxygens (including phenoxy) is 1. The molecule has 1 aliphatic heterocycles. The highest BCUT2D eigenvalue weighted by atomic mass is 16.5. The molecule has 1 saturated heterocycles. The fourth-order valence-corrected chi connectivity index (χ4v) is 2.85. The lowest BCUT2D eigenvalue weighted by Gasteiger charge is -2.22. The normalized spacial score (nSPS) is 16.8. The zero-order valence-electron chi connectivity index (χ0n) is 12.9. The molecule has 1 aliphatic rings. The molecule has 1 fully saturated rings. The van der Waals surface area contributed by atoms with Gasteiger partial charge in [-0.15, -0.1) is 0 Å². The number of aryl methyl sites for hydroxylation is 1. The van der Waals surface area contributed by atoms with Crippen LogP contribution in [-0.2, 0) is 17.8 Å². The van der Waals surface area contributed by atoms with Crippen LogP contribution in [-0.4, -0.2) is 41.4 Å². The van der Waals surface area contributed by atoms with E-state index in [4.69, 9.17) is 4.74 Å². The smallest absolute Gasteiger partial charge is 0.223 e. The molecule has 0 aliphatic carbocycles. The van der Waals surface area contributed by atoms with Gasteiger partial charge < -0.3 is 14.4 Å². The third-order valence-corrected chi connectivity index (χ3v) is 4.03. The molecule has 0 atom stereocenters. The summed E-state index contributed by atoms with van der Waals surface area (Å²) >= 11 is 0. The zero-order valence-corrected chi connectivity index (χ0v) is 12.9. The SMILES string of the molecule is COCCCn1cc(O)c(=O)cc1CN1CCCCCC1. The van der Waals surface area contributed by atoms with E-state index in [2.05, 4.69) is 4.90 Å². The molecule has 0 unspecified atom stereocenters.